The predicted molar refractivity (Wildman–Crippen MR) is 84.3 cm³/mol. The molecular formula is C18H17NO2. The second-order valence-electron chi connectivity index (χ2n) is 5.00. The van der Waals surface area contributed by atoms with Crippen molar-refractivity contribution < 1.29 is 9.53 Å². The summed E-state index contributed by atoms with van der Waals surface area (Å²) in [6.07, 6.45) is 2.05. The van der Waals surface area contributed by atoms with E-state index in [0.29, 0.717) is 12.2 Å². The fraction of sp³-hybridized carbons (Fsp3) is 0.167. The number of aromatic nitrogens is 1. The average Bonchev–Trinajstić information content (AvgIpc) is 2.88. The molecule has 1 heterocycles. The fourth-order valence-electron chi connectivity index (χ4n) is 2.50. The van der Waals surface area contributed by atoms with Gasteiger partial charge in [-0.25, -0.2) is 4.79 Å². The van der Waals surface area contributed by atoms with Crippen LogP contribution in [0.15, 0.2) is 54.7 Å². The van der Waals surface area contributed by atoms with E-state index in [4.69, 9.17) is 4.74 Å². The average molecular weight is 279 g/mol. The number of ether oxygens (including phenoxy) is 1. The first kappa shape index (κ1) is 13.4. The van der Waals surface area contributed by atoms with Crippen LogP contribution in [0, 0.1) is 0 Å². The van der Waals surface area contributed by atoms with Crippen molar-refractivity contribution in [2.24, 2.45) is 7.05 Å². The van der Waals surface area contributed by atoms with Gasteiger partial charge in [-0.2, -0.15) is 0 Å². The third-order valence-corrected chi connectivity index (χ3v) is 3.59. The summed E-state index contributed by atoms with van der Waals surface area (Å²) in [6, 6.07) is 16.0. The lowest BCUT2D eigenvalue weighted by molar-refractivity contribution is 0.0526. The Morgan fingerprint density at radius 2 is 1.90 bits per heavy atom. The molecule has 3 aromatic rings. The fourth-order valence-corrected chi connectivity index (χ4v) is 2.50. The van der Waals surface area contributed by atoms with Crippen molar-refractivity contribution in [2.75, 3.05) is 6.61 Å². The molecule has 106 valence electrons. The van der Waals surface area contributed by atoms with E-state index in [-0.39, 0.29) is 5.97 Å². The number of benzene rings is 2. The lowest BCUT2D eigenvalue weighted by atomic mass is 10.0. The number of fused-ring (bicyclic) bond motifs is 1. The van der Waals surface area contributed by atoms with E-state index in [2.05, 4.69) is 28.8 Å². The first-order chi connectivity index (χ1) is 10.2. The molecule has 0 bridgehead atoms. The summed E-state index contributed by atoms with van der Waals surface area (Å²) in [5.41, 5.74) is 3.90. The topological polar surface area (TPSA) is 31.2 Å². The third-order valence-electron chi connectivity index (χ3n) is 3.59. The minimum absolute atomic E-state index is 0.278. The first-order valence-corrected chi connectivity index (χ1v) is 7.01. The Kier molecular flexibility index (Phi) is 3.48. The zero-order chi connectivity index (χ0) is 14.8. The Hall–Kier alpha value is -2.55. The van der Waals surface area contributed by atoms with Crippen molar-refractivity contribution in [2.45, 2.75) is 6.92 Å². The molecule has 0 fully saturated rings. The van der Waals surface area contributed by atoms with Gasteiger partial charge in [-0.1, -0.05) is 18.2 Å². The maximum absolute atomic E-state index is 11.8. The Labute approximate surface area is 123 Å². The van der Waals surface area contributed by atoms with Crippen LogP contribution < -0.4 is 0 Å². The highest BCUT2D eigenvalue weighted by Gasteiger charge is 2.08. The van der Waals surface area contributed by atoms with Crippen molar-refractivity contribution in [1.29, 1.82) is 0 Å². The van der Waals surface area contributed by atoms with Crippen LogP contribution in [0.1, 0.15) is 17.3 Å². The van der Waals surface area contributed by atoms with Gasteiger partial charge in [-0.3, -0.25) is 0 Å². The van der Waals surface area contributed by atoms with Gasteiger partial charge < -0.3 is 9.30 Å². The number of esters is 1. The molecular weight excluding hydrogens is 262 g/mol. The van der Waals surface area contributed by atoms with Crippen LogP contribution in [0.4, 0.5) is 0 Å². The summed E-state index contributed by atoms with van der Waals surface area (Å²) >= 11 is 0. The minimum Gasteiger partial charge on any atom is -0.462 e. The van der Waals surface area contributed by atoms with E-state index in [1.165, 1.54) is 10.9 Å². The summed E-state index contributed by atoms with van der Waals surface area (Å²) in [5, 5.41) is 1.19. The third kappa shape index (κ3) is 2.55. The number of carbonyl (C=O) groups excluding carboxylic acids is 1. The molecule has 0 saturated carbocycles. The molecule has 0 saturated heterocycles. The second-order valence-corrected chi connectivity index (χ2v) is 5.00. The summed E-state index contributed by atoms with van der Waals surface area (Å²) < 4.78 is 7.14. The zero-order valence-corrected chi connectivity index (χ0v) is 12.2. The van der Waals surface area contributed by atoms with Gasteiger partial charge in [0.25, 0.3) is 0 Å². The summed E-state index contributed by atoms with van der Waals surface area (Å²) in [7, 11) is 2.03. The van der Waals surface area contributed by atoms with Crippen molar-refractivity contribution in [3.05, 3.63) is 60.3 Å². The molecule has 0 aliphatic heterocycles. The maximum Gasteiger partial charge on any atom is 0.338 e. The molecule has 1 aromatic heterocycles. The lowest BCUT2D eigenvalue weighted by Crippen LogP contribution is -2.04. The normalized spacial score (nSPS) is 10.8. The molecule has 0 spiro atoms. The standard InChI is InChI=1S/C18H17NO2/c1-3-21-18(20)16-6-4-5-13(12-16)14-7-8-17-15(11-14)9-10-19(17)2/h4-12H,3H2,1-2H3. The van der Waals surface area contributed by atoms with Gasteiger partial charge in [-0.15, -0.1) is 0 Å². The molecule has 0 aliphatic carbocycles. The highest BCUT2D eigenvalue weighted by atomic mass is 16.5. The van der Waals surface area contributed by atoms with E-state index in [9.17, 15) is 4.79 Å². The number of nitrogens with zero attached hydrogens (tertiary/aromatic N) is 1. The second kappa shape index (κ2) is 5.44. The summed E-state index contributed by atoms with van der Waals surface area (Å²) in [4.78, 5) is 11.8. The Bertz CT molecular complexity index is 802. The van der Waals surface area contributed by atoms with Gasteiger partial charge in [0.15, 0.2) is 0 Å². The molecule has 0 amide bonds. The Morgan fingerprint density at radius 1 is 1.10 bits per heavy atom. The lowest BCUT2D eigenvalue weighted by Gasteiger charge is -2.06. The van der Waals surface area contributed by atoms with Crippen LogP contribution in [-0.2, 0) is 11.8 Å². The van der Waals surface area contributed by atoms with Gasteiger partial charge in [-0.05, 0) is 48.4 Å². The summed E-state index contributed by atoms with van der Waals surface area (Å²) in [6.45, 7) is 2.20. The van der Waals surface area contributed by atoms with Crippen LogP contribution in [-0.4, -0.2) is 17.1 Å². The minimum atomic E-state index is -0.278. The molecule has 0 N–H and O–H groups in total. The van der Waals surface area contributed by atoms with E-state index in [1.54, 1.807) is 6.07 Å². The van der Waals surface area contributed by atoms with Crippen molar-refractivity contribution >= 4 is 16.9 Å². The first-order valence-electron chi connectivity index (χ1n) is 7.01. The van der Waals surface area contributed by atoms with Crippen LogP contribution in [0.2, 0.25) is 0 Å². The van der Waals surface area contributed by atoms with Gasteiger partial charge in [0.05, 0.1) is 12.2 Å². The van der Waals surface area contributed by atoms with Crippen LogP contribution >= 0.6 is 0 Å². The number of carbonyl (C=O) groups is 1. The van der Waals surface area contributed by atoms with E-state index < -0.39 is 0 Å². The van der Waals surface area contributed by atoms with E-state index in [0.717, 1.165) is 11.1 Å². The van der Waals surface area contributed by atoms with E-state index >= 15 is 0 Å². The van der Waals surface area contributed by atoms with Crippen LogP contribution in [0.5, 0.6) is 0 Å². The molecule has 3 heteroatoms. The molecule has 3 nitrogen and oxygen atoms in total. The highest BCUT2D eigenvalue weighted by molar-refractivity contribution is 5.92. The molecule has 0 unspecified atom stereocenters. The monoisotopic (exact) mass is 279 g/mol. The Balaban J connectivity index is 2.01. The van der Waals surface area contributed by atoms with Gasteiger partial charge in [0.2, 0.25) is 0 Å². The molecule has 21 heavy (non-hydrogen) atoms. The number of rotatable bonds is 3. The predicted octanol–water partition coefficient (Wildman–Crippen LogP) is 4.02. The van der Waals surface area contributed by atoms with Gasteiger partial charge in [0.1, 0.15) is 0 Å². The van der Waals surface area contributed by atoms with Crippen molar-refractivity contribution in [1.82, 2.24) is 4.57 Å². The molecule has 0 radical (unpaired) electrons. The maximum atomic E-state index is 11.8. The van der Waals surface area contributed by atoms with Crippen molar-refractivity contribution in [3.63, 3.8) is 0 Å². The smallest absolute Gasteiger partial charge is 0.338 e. The molecule has 3 rings (SSSR count). The summed E-state index contributed by atoms with van der Waals surface area (Å²) in [5.74, 6) is -0.278. The Morgan fingerprint density at radius 3 is 2.71 bits per heavy atom. The van der Waals surface area contributed by atoms with E-state index in [1.807, 2.05) is 38.4 Å². The quantitative estimate of drug-likeness (QED) is 0.678. The van der Waals surface area contributed by atoms with Crippen LogP contribution in [0.3, 0.4) is 0 Å². The SMILES string of the molecule is CCOC(=O)c1cccc(-c2ccc3c(ccn3C)c2)c1. The van der Waals surface area contributed by atoms with Crippen molar-refractivity contribution in [3.8, 4) is 11.1 Å². The molecule has 0 aliphatic rings. The largest absolute Gasteiger partial charge is 0.462 e. The van der Waals surface area contributed by atoms with Gasteiger partial charge in [0, 0.05) is 24.1 Å². The highest BCUT2D eigenvalue weighted by Crippen LogP contribution is 2.25. The molecule has 0 atom stereocenters. The number of hydrogen-bond acceptors (Lipinski definition) is 2. The number of aryl methyl sites for hydroxylation is 1. The van der Waals surface area contributed by atoms with Gasteiger partial charge >= 0.3 is 5.97 Å². The number of hydrogen-bond donors (Lipinski definition) is 0. The zero-order valence-electron chi connectivity index (χ0n) is 12.2. The molecule has 2 aromatic carbocycles. The van der Waals surface area contributed by atoms with Crippen LogP contribution in [0.25, 0.3) is 22.0 Å².